The van der Waals surface area contributed by atoms with Gasteiger partial charge >= 0.3 is 5.97 Å². The van der Waals surface area contributed by atoms with Gasteiger partial charge in [0.05, 0.1) is 18.8 Å². The van der Waals surface area contributed by atoms with Crippen molar-refractivity contribution < 1.29 is 18.7 Å². The van der Waals surface area contributed by atoms with E-state index in [2.05, 4.69) is 39.0 Å². The van der Waals surface area contributed by atoms with Gasteiger partial charge in [-0.1, -0.05) is 51.1 Å². The molecule has 3 aromatic carbocycles. The number of ether oxygens (including phenoxy) is 2. The van der Waals surface area contributed by atoms with Crippen LogP contribution in [-0.4, -0.2) is 24.2 Å². The van der Waals surface area contributed by atoms with E-state index in [1.807, 2.05) is 36.4 Å². The first-order valence-corrected chi connectivity index (χ1v) is 11.1. The van der Waals surface area contributed by atoms with Crippen LogP contribution < -0.4 is 4.74 Å². The van der Waals surface area contributed by atoms with Gasteiger partial charge < -0.3 is 13.9 Å². The predicted molar refractivity (Wildman–Crippen MR) is 127 cm³/mol. The maximum atomic E-state index is 11.6. The van der Waals surface area contributed by atoms with Crippen LogP contribution in [-0.2, 0) is 14.9 Å². The standard InChI is InChI=1S/C27H29NO4/c1-5-30-25(29)11-8-14-31-24-16-19-10-7-6-9-18(19)15-21(24)26-28-22-17-20(27(2,3)4)12-13-23(22)32-26/h6-7,9-10,12-13,15-17H,5,8,11,14H2,1-4H3. The number of fused-ring (bicyclic) bond motifs is 2. The molecule has 0 aliphatic rings. The Morgan fingerprint density at radius 1 is 1.03 bits per heavy atom. The number of hydrogen-bond acceptors (Lipinski definition) is 5. The van der Waals surface area contributed by atoms with Gasteiger partial charge in [0.1, 0.15) is 11.3 Å². The molecule has 0 amide bonds. The number of carbonyl (C=O) groups excluding carboxylic acids is 1. The fourth-order valence-corrected chi connectivity index (χ4v) is 3.65. The molecule has 32 heavy (non-hydrogen) atoms. The van der Waals surface area contributed by atoms with E-state index in [4.69, 9.17) is 18.9 Å². The quantitative estimate of drug-likeness (QED) is 0.242. The van der Waals surface area contributed by atoms with Crippen LogP contribution in [0.3, 0.4) is 0 Å². The number of carbonyl (C=O) groups is 1. The molecule has 166 valence electrons. The summed E-state index contributed by atoms with van der Waals surface area (Å²) in [5.41, 5.74) is 3.61. The zero-order chi connectivity index (χ0) is 22.7. The molecule has 1 heterocycles. The van der Waals surface area contributed by atoms with Crippen molar-refractivity contribution in [2.24, 2.45) is 0 Å². The van der Waals surface area contributed by atoms with Gasteiger partial charge in [-0.2, -0.15) is 0 Å². The van der Waals surface area contributed by atoms with E-state index in [0.29, 0.717) is 37.7 Å². The molecule has 0 fully saturated rings. The lowest BCUT2D eigenvalue weighted by atomic mass is 9.87. The van der Waals surface area contributed by atoms with Crippen LogP contribution in [0.1, 0.15) is 46.1 Å². The van der Waals surface area contributed by atoms with Gasteiger partial charge in [-0.15, -0.1) is 0 Å². The van der Waals surface area contributed by atoms with Crippen molar-refractivity contribution >= 4 is 27.8 Å². The molecule has 5 nitrogen and oxygen atoms in total. The lowest BCUT2D eigenvalue weighted by Crippen LogP contribution is -2.10. The summed E-state index contributed by atoms with van der Waals surface area (Å²) in [6.07, 6.45) is 0.906. The second-order valence-corrected chi connectivity index (χ2v) is 8.90. The lowest BCUT2D eigenvalue weighted by molar-refractivity contribution is -0.143. The first kappa shape index (κ1) is 21.9. The Balaban J connectivity index is 1.67. The molecule has 5 heteroatoms. The van der Waals surface area contributed by atoms with Crippen molar-refractivity contribution in [2.45, 2.75) is 46.0 Å². The average molecular weight is 432 g/mol. The van der Waals surface area contributed by atoms with Gasteiger partial charge in [-0.25, -0.2) is 4.98 Å². The molecule has 0 aliphatic carbocycles. The second kappa shape index (κ2) is 9.03. The summed E-state index contributed by atoms with van der Waals surface area (Å²) in [4.78, 5) is 16.4. The van der Waals surface area contributed by atoms with Crippen LogP contribution in [0.4, 0.5) is 0 Å². The van der Waals surface area contributed by atoms with Crippen LogP contribution in [0.25, 0.3) is 33.3 Å². The predicted octanol–water partition coefficient (Wildman–Crippen LogP) is 6.67. The topological polar surface area (TPSA) is 61.6 Å². The second-order valence-electron chi connectivity index (χ2n) is 8.90. The molecule has 0 radical (unpaired) electrons. The van der Waals surface area contributed by atoms with Crippen LogP contribution in [0.2, 0.25) is 0 Å². The Morgan fingerprint density at radius 2 is 1.78 bits per heavy atom. The van der Waals surface area contributed by atoms with Crippen LogP contribution in [0.15, 0.2) is 59.0 Å². The zero-order valence-electron chi connectivity index (χ0n) is 19.1. The number of rotatable bonds is 7. The molecular weight excluding hydrogens is 402 g/mol. The molecule has 0 atom stereocenters. The number of aromatic nitrogens is 1. The van der Waals surface area contributed by atoms with Crippen molar-refractivity contribution in [3.8, 4) is 17.2 Å². The van der Waals surface area contributed by atoms with Crippen molar-refractivity contribution in [1.29, 1.82) is 0 Å². The van der Waals surface area contributed by atoms with Crippen molar-refractivity contribution in [1.82, 2.24) is 4.98 Å². The highest BCUT2D eigenvalue weighted by Gasteiger charge is 2.18. The fourth-order valence-electron chi connectivity index (χ4n) is 3.65. The fraction of sp³-hybridized carbons (Fsp3) is 0.333. The van der Waals surface area contributed by atoms with Crippen LogP contribution in [0.5, 0.6) is 5.75 Å². The van der Waals surface area contributed by atoms with Gasteiger partial charge in [0.25, 0.3) is 0 Å². The number of benzene rings is 3. The normalized spacial score (nSPS) is 11.8. The van der Waals surface area contributed by atoms with Gasteiger partial charge in [0.2, 0.25) is 5.89 Å². The minimum Gasteiger partial charge on any atom is -0.493 e. The molecule has 0 unspecified atom stereocenters. The van der Waals surface area contributed by atoms with E-state index in [1.165, 1.54) is 5.56 Å². The Labute approximate surface area is 188 Å². The third-order valence-corrected chi connectivity index (χ3v) is 5.42. The van der Waals surface area contributed by atoms with E-state index < -0.39 is 0 Å². The Bertz CT molecular complexity index is 1250. The van der Waals surface area contributed by atoms with Gasteiger partial charge in [-0.05, 0) is 59.4 Å². The molecule has 4 aromatic rings. The largest absolute Gasteiger partial charge is 0.493 e. The summed E-state index contributed by atoms with van der Waals surface area (Å²) in [6, 6.07) is 18.3. The summed E-state index contributed by atoms with van der Waals surface area (Å²) < 4.78 is 17.2. The van der Waals surface area contributed by atoms with Crippen molar-refractivity contribution in [3.05, 3.63) is 60.2 Å². The monoisotopic (exact) mass is 431 g/mol. The molecule has 0 spiro atoms. The summed E-state index contributed by atoms with van der Waals surface area (Å²) in [6.45, 7) is 9.14. The Hall–Kier alpha value is -3.34. The van der Waals surface area contributed by atoms with Gasteiger partial charge in [0, 0.05) is 6.42 Å². The first-order valence-electron chi connectivity index (χ1n) is 11.1. The molecule has 0 saturated carbocycles. The Morgan fingerprint density at radius 3 is 2.50 bits per heavy atom. The van der Waals surface area contributed by atoms with E-state index >= 15 is 0 Å². The third kappa shape index (κ3) is 4.77. The highest BCUT2D eigenvalue weighted by Crippen LogP contribution is 2.36. The lowest BCUT2D eigenvalue weighted by Gasteiger charge is -2.18. The number of esters is 1. The first-order chi connectivity index (χ1) is 15.3. The summed E-state index contributed by atoms with van der Waals surface area (Å²) in [5, 5.41) is 2.15. The molecule has 1 aromatic heterocycles. The average Bonchev–Trinajstić information content (AvgIpc) is 3.19. The smallest absolute Gasteiger partial charge is 0.305 e. The van der Waals surface area contributed by atoms with Crippen LogP contribution in [0, 0.1) is 0 Å². The number of nitrogens with zero attached hydrogens (tertiary/aromatic N) is 1. The van der Waals surface area contributed by atoms with E-state index in [0.717, 1.165) is 27.4 Å². The zero-order valence-corrected chi connectivity index (χ0v) is 19.1. The summed E-state index contributed by atoms with van der Waals surface area (Å²) in [5.74, 6) is 1.01. The van der Waals surface area contributed by atoms with E-state index in [1.54, 1.807) is 6.92 Å². The summed E-state index contributed by atoms with van der Waals surface area (Å²) >= 11 is 0. The van der Waals surface area contributed by atoms with Gasteiger partial charge in [-0.3, -0.25) is 4.79 Å². The molecule has 0 bridgehead atoms. The molecular formula is C27H29NO4. The Kier molecular flexibility index (Phi) is 6.17. The van der Waals surface area contributed by atoms with Crippen molar-refractivity contribution in [3.63, 3.8) is 0 Å². The van der Waals surface area contributed by atoms with Gasteiger partial charge in [0.15, 0.2) is 5.58 Å². The SMILES string of the molecule is CCOC(=O)CCCOc1cc2ccccc2cc1-c1nc2cc(C(C)(C)C)ccc2o1. The molecule has 0 N–H and O–H groups in total. The van der Waals surface area contributed by atoms with Crippen LogP contribution >= 0.6 is 0 Å². The third-order valence-electron chi connectivity index (χ3n) is 5.42. The number of oxazole rings is 1. The maximum Gasteiger partial charge on any atom is 0.305 e. The maximum absolute atomic E-state index is 11.6. The minimum absolute atomic E-state index is 0.0312. The van der Waals surface area contributed by atoms with E-state index in [9.17, 15) is 4.79 Å². The molecule has 0 saturated heterocycles. The van der Waals surface area contributed by atoms with E-state index in [-0.39, 0.29) is 11.4 Å². The summed E-state index contributed by atoms with van der Waals surface area (Å²) in [7, 11) is 0. The molecule has 4 rings (SSSR count). The molecule has 0 aliphatic heterocycles. The highest BCUT2D eigenvalue weighted by molar-refractivity contribution is 5.90. The minimum atomic E-state index is -0.205. The number of hydrogen-bond donors (Lipinski definition) is 0. The van der Waals surface area contributed by atoms with Crippen molar-refractivity contribution in [2.75, 3.05) is 13.2 Å². The highest BCUT2D eigenvalue weighted by atomic mass is 16.5.